The van der Waals surface area contributed by atoms with E-state index in [0.29, 0.717) is 0 Å². The lowest BCUT2D eigenvalue weighted by Crippen LogP contribution is -2.29. The van der Waals surface area contributed by atoms with Gasteiger partial charge in [-0.25, -0.2) is 0 Å². The summed E-state index contributed by atoms with van der Waals surface area (Å²) in [5, 5.41) is 12.2. The maximum absolute atomic E-state index is 8.98. The third-order valence-corrected chi connectivity index (χ3v) is 3.50. The molecular weight excluding hydrogens is 250 g/mol. The summed E-state index contributed by atoms with van der Waals surface area (Å²) in [7, 11) is 0. The number of unbranched alkanes of at least 4 members (excludes halogenated alkanes) is 2. The highest BCUT2D eigenvalue weighted by Gasteiger charge is 2.15. The van der Waals surface area contributed by atoms with Crippen LogP contribution in [0, 0.1) is 6.92 Å². The molecule has 0 aliphatic carbocycles. The number of anilines is 1. The molecule has 0 saturated carbocycles. The summed E-state index contributed by atoms with van der Waals surface area (Å²) in [4.78, 5) is 2.37. The van der Waals surface area contributed by atoms with Gasteiger partial charge >= 0.3 is 0 Å². The SMILES string of the molecule is CCCCN(CCCC)c1c(C)cccc1/C(N)=N/O. The molecule has 1 aromatic carbocycles. The average molecular weight is 277 g/mol. The lowest BCUT2D eigenvalue weighted by atomic mass is 10.0. The Morgan fingerprint density at radius 2 is 1.80 bits per heavy atom. The fourth-order valence-electron chi connectivity index (χ4n) is 2.37. The van der Waals surface area contributed by atoms with Gasteiger partial charge < -0.3 is 15.8 Å². The van der Waals surface area contributed by atoms with Crippen LogP contribution in [0.5, 0.6) is 0 Å². The Morgan fingerprint density at radius 3 is 2.30 bits per heavy atom. The fraction of sp³-hybridized carbons (Fsp3) is 0.562. The molecule has 0 aliphatic heterocycles. The predicted molar refractivity (Wildman–Crippen MR) is 85.7 cm³/mol. The summed E-state index contributed by atoms with van der Waals surface area (Å²) in [6.45, 7) is 8.48. The van der Waals surface area contributed by atoms with E-state index in [1.807, 2.05) is 12.1 Å². The molecule has 0 radical (unpaired) electrons. The molecule has 0 amide bonds. The van der Waals surface area contributed by atoms with Crippen molar-refractivity contribution < 1.29 is 5.21 Å². The van der Waals surface area contributed by atoms with Crippen LogP contribution in [0.15, 0.2) is 23.4 Å². The topological polar surface area (TPSA) is 61.8 Å². The zero-order chi connectivity index (χ0) is 15.0. The molecule has 0 unspecified atom stereocenters. The van der Waals surface area contributed by atoms with Crippen molar-refractivity contribution in [3.8, 4) is 0 Å². The fourth-order valence-corrected chi connectivity index (χ4v) is 2.37. The highest BCUT2D eigenvalue weighted by Crippen LogP contribution is 2.26. The van der Waals surface area contributed by atoms with Crippen LogP contribution in [0.3, 0.4) is 0 Å². The van der Waals surface area contributed by atoms with Crippen LogP contribution in [0.25, 0.3) is 0 Å². The molecule has 0 atom stereocenters. The number of benzene rings is 1. The van der Waals surface area contributed by atoms with Gasteiger partial charge in [0.2, 0.25) is 0 Å². The van der Waals surface area contributed by atoms with Crippen molar-refractivity contribution in [3.63, 3.8) is 0 Å². The molecular formula is C16H27N3O. The van der Waals surface area contributed by atoms with Gasteiger partial charge in [-0.15, -0.1) is 0 Å². The highest BCUT2D eigenvalue weighted by molar-refractivity contribution is 6.02. The van der Waals surface area contributed by atoms with Gasteiger partial charge in [0.15, 0.2) is 5.84 Å². The van der Waals surface area contributed by atoms with E-state index in [-0.39, 0.29) is 5.84 Å². The van der Waals surface area contributed by atoms with Gasteiger partial charge in [0.1, 0.15) is 0 Å². The maximum Gasteiger partial charge on any atom is 0.172 e. The molecule has 0 fully saturated rings. The molecule has 112 valence electrons. The second kappa shape index (κ2) is 8.46. The Morgan fingerprint density at radius 1 is 1.20 bits per heavy atom. The number of amidine groups is 1. The largest absolute Gasteiger partial charge is 0.409 e. The van der Waals surface area contributed by atoms with Crippen molar-refractivity contribution in [3.05, 3.63) is 29.3 Å². The van der Waals surface area contributed by atoms with E-state index in [9.17, 15) is 0 Å². The third-order valence-electron chi connectivity index (χ3n) is 3.50. The number of nitrogens with two attached hydrogens (primary N) is 1. The molecule has 1 aromatic rings. The van der Waals surface area contributed by atoms with Crippen LogP contribution in [0.1, 0.15) is 50.7 Å². The third kappa shape index (κ3) is 4.15. The first-order valence-corrected chi connectivity index (χ1v) is 7.48. The molecule has 20 heavy (non-hydrogen) atoms. The van der Waals surface area contributed by atoms with Crippen molar-refractivity contribution >= 4 is 11.5 Å². The molecule has 0 spiro atoms. The first-order valence-electron chi connectivity index (χ1n) is 7.48. The zero-order valence-corrected chi connectivity index (χ0v) is 12.9. The quantitative estimate of drug-likeness (QED) is 0.331. The number of hydrogen-bond donors (Lipinski definition) is 2. The smallest absolute Gasteiger partial charge is 0.172 e. The summed E-state index contributed by atoms with van der Waals surface area (Å²) in [6.07, 6.45) is 4.61. The van der Waals surface area contributed by atoms with Crippen molar-refractivity contribution in [1.29, 1.82) is 0 Å². The standard InChI is InChI=1S/C16H27N3O/c1-4-6-11-19(12-7-5-2)15-13(3)9-8-10-14(15)16(17)18-20/h8-10,20H,4-7,11-12H2,1-3H3,(H2,17,18). The minimum Gasteiger partial charge on any atom is -0.409 e. The Bertz CT molecular complexity index is 435. The summed E-state index contributed by atoms with van der Waals surface area (Å²) in [5.74, 6) is 0.182. The number of aryl methyl sites for hydroxylation is 1. The molecule has 3 N–H and O–H groups in total. The summed E-state index contributed by atoms with van der Waals surface area (Å²) in [5.41, 5.74) is 8.92. The van der Waals surface area contributed by atoms with Crippen molar-refractivity contribution in [2.24, 2.45) is 10.9 Å². The maximum atomic E-state index is 8.98. The van der Waals surface area contributed by atoms with Crippen molar-refractivity contribution in [2.75, 3.05) is 18.0 Å². The number of rotatable bonds is 8. The summed E-state index contributed by atoms with van der Waals surface area (Å²) >= 11 is 0. The second-order valence-electron chi connectivity index (χ2n) is 5.15. The van der Waals surface area contributed by atoms with E-state index in [1.54, 1.807) is 0 Å². The Kier molecular flexibility index (Phi) is 6.91. The Hall–Kier alpha value is -1.71. The van der Waals surface area contributed by atoms with Gasteiger partial charge in [-0.1, -0.05) is 44.0 Å². The molecule has 0 saturated heterocycles. The van der Waals surface area contributed by atoms with Crippen molar-refractivity contribution in [1.82, 2.24) is 0 Å². The number of nitrogens with zero attached hydrogens (tertiary/aromatic N) is 2. The lowest BCUT2D eigenvalue weighted by molar-refractivity contribution is 0.318. The van der Waals surface area contributed by atoms with Crippen LogP contribution in [-0.4, -0.2) is 24.1 Å². The number of para-hydroxylation sites is 1. The van der Waals surface area contributed by atoms with Gasteiger partial charge in [0, 0.05) is 18.7 Å². The monoisotopic (exact) mass is 277 g/mol. The minimum atomic E-state index is 0.182. The molecule has 0 aliphatic rings. The predicted octanol–water partition coefficient (Wildman–Crippen LogP) is 3.50. The molecule has 4 nitrogen and oxygen atoms in total. The lowest BCUT2D eigenvalue weighted by Gasteiger charge is -2.28. The van der Waals surface area contributed by atoms with Gasteiger partial charge in [-0.05, 0) is 31.4 Å². The van der Waals surface area contributed by atoms with Gasteiger partial charge in [0.25, 0.3) is 0 Å². The zero-order valence-electron chi connectivity index (χ0n) is 12.9. The minimum absolute atomic E-state index is 0.182. The van der Waals surface area contributed by atoms with Crippen LogP contribution in [-0.2, 0) is 0 Å². The second-order valence-corrected chi connectivity index (χ2v) is 5.15. The van der Waals surface area contributed by atoms with E-state index in [2.05, 4.69) is 36.9 Å². The molecule has 0 heterocycles. The normalized spacial score (nSPS) is 11.7. The van der Waals surface area contributed by atoms with Crippen molar-refractivity contribution in [2.45, 2.75) is 46.5 Å². The van der Waals surface area contributed by atoms with Gasteiger partial charge in [-0.2, -0.15) is 0 Å². The van der Waals surface area contributed by atoms with E-state index in [4.69, 9.17) is 10.9 Å². The van der Waals surface area contributed by atoms with Crippen LogP contribution in [0.2, 0.25) is 0 Å². The first-order chi connectivity index (χ1) is 9.65. The van der Waals surface area contributed by atoms with E-state index >= 15 is 0 Å². The molecule has 0 bridgehead atoms. The molecule has 1 rings (SSSR count). The number of oxime groups is 1. The van der Waals surface area contributed by atoms with E-state index in [1.165, 1.54) is 5.56 Å². The Labute approximate surface area is 122 Å². The molecule has 0 aromatic heterocycles. The molecule has 4 heteroatoms. The summed E-state index contributed by atoms with van der Waals surface area (Å²) in [6, 6.07) is 5.95. The van der Waals surface area contributed by atoms with E-state index in [0.717, 1.165) is 50.0 Å². The van der Waals surface area contributed by atoms with Crippen LogP contribution in [0.4, 0.5) is 5.69 Å². The highest BCUT2D eigenvalue weighted by atomic mass is 16.4. The van der Waals surface area contributed by atoms with Crippen LogP contribution < -0.4 is 10.6 Å². The summed E-state index contributed by atoms with van der Waals surface area (Å²) < 4.78 is 0. The van der Waals surface area contributed by atoms with Gasteiger partial charge in [-0.3, -0.25) is 0 Å². The first kappa shape index (κ1) is 16.3. The Balaban J connectivity index is 3.15. The number of hydrogen-bond acceptors (Lipinski definition) is 3. The average Bonchev–Trinajstić information content (AvgIpc) is 2.47. The van der Waals surface area contributed by atoms with Crippen LogP contribution >= 0.6 is 0 Å². The van der Waals surface area contributed by atoms with E-state index < -0.39 is 0 Å². The van der Waals surface area contributed by atoms with Gasteiger partial charge in [0.05, 0.1) is 5.69 Å².